The van der Waals surface area contributed by atoms with Gasteiger partial charge in [0, 0.05) is 9.89 Å². The van der Waals surface area contributed by atoms with Crippen LogP contribution in [0.3, 0.4) is 0 Å². The largest absolute Gasteiger partial charge is 0.493 e. The third-order valence-corrected chi connectivity index (χ3v) is 3.58. The van der Waals surface area contributed by atoms with Gasteiger partial charge in [-0.25, -0.2) is 0 Å². The third kappa shape index (κ3) is 1.28. The SMILES string of the molecule is Brc1ccc2c(c1)OCC1(CC1)C2. The summed E-state index contributed by atoms with van der Waals surface area (Å²) in [7, 11) is 0. The van der Waals surface area contributed by atoms with E-state index in [9.17, 15) is 0 Å². The molecule has 0 radical (unpaired) electrons. The highest BCUT2D eigenvalue weighted by Gasteiger charge is 2.46. The van der Waals surface area contributed by atoms with Crippen molar-refractivity contribution in [1.82, 2.24) is 0 Å². The average molecular weight is 239 g/mol. The second kappa shape index (κ2) is 2.50. The number of hydrogen-bond acceptors (Lipinski definition) is 1. The van der Waals surface area contributed by atoms with E-state index < -0.39 is 0 Å². The lowest BCUT2D eigenvalue weighted by atomic mass is 9.94. The number of hydrogen-bond donors (Lipinski definition) is 0. The fourth-order valence-electron chi connectivity index (χ4n) is 1.99. The fraction of sp³-hybridized carbons (Fsp3) is 0.455. The second-order valence-electron chi connectivity index (χ2n) is 4.22. The second-order valence-corrected chi connectivity index (χ2v) is 5.13. The Balaban J connectivity index is 2.00. The van der Waals surface area contributed by atoms with Crippen LogP contribution in [0.5, 0.6) is 5.75 Å². The molecule has 1 nitrogen and oxygen atoms in total. The van der Waals surface area contributed by atoms with E-state index in [0.717, 1.165) is 16.8 Å². The minimum atomic E-state index is 0.529. The van der Waals surface area contributed by atoms with Crippen molar-refractivity contribution < 1.29 is 4.74 Å². The van der Waals surface area contributed by atoms with E-state index in [1.807, 2.05) is 0 Å². The Labute approximate surface area is 86.2 Å². The van der Waals surface area contributed by atoms with E-state index in [1.165, 1.54) is 24.8 Å². The van der Waals surface area contributed by atoms with Crippen LogP contribution in [0.2, 0.25) is 0 Å². The van der Waals surface area contributed by atoms with Crippen molar-refractivity contribution in [3.63, 3.8) is 0 Å². The molecule has 2 aliphatic rings. The Kier molecular flexibility index (Phi) is 1.51. The predicted octanol–water partition coefficient (Wildman–Crippen LogP) is 3.16. The highest BCUT2D eigenvalue weighted by atomic mass is 79.9. The first kappa shape index (κ1) is 7.86. The quantitative estimate of drug-likeness (QED) is 0.675. The lowest BCUT2D eigenvalue weighted by Crippen LogP contribution is -2.21. The van der Waals surface area contributed by atoms with Gasteiger partial charge in [-0.3, -0.25) is 0 Å². The van der Waals surface area contributed by atoms with Crippen LogP contribution in [-0.4, -0.2) is 6.61 Å². The van der Waals surface area contributed by atoms with E-state index in [2.05, 4.69) is 34.1 Å². The number of ether oxygens (including phenoxy) is 1. The topological polar surface area (TPSA) is 9.23 Å². The highest BCUT2D eigenvalue weighted by Crippen LogP contribution is 2.52. The fourth-order valence-corrected chi connectivity index (χ4v) is 2.33. The lowest BCUT2D eigenvalue weighted by molar-refractivity contribution is 0.207. The molecule has 1 spiro atoms. The van der Waals surface area contributed by atoms with Crippen molar-refractivity contribution in [2.75, 3.05) is 6.61 Å². The molecule has 0 bridgehead atoms. The maximum absolute atomic E-state index is 5.75. The van der Waals surface area contributed by atoms with Crippen molar-refractivity contribution >= 4 is 15.9 Å². The zero-order valence-electron chi connectivity index (χ0n) is 7.35. The zero-order valence-corrected chi connectivity index (χ0v) is 8.93. The van der Waals surface area contributed by atoms with E-state index in [1.54, 1.807) is 0 Å². The van der Waals surface area contributed by atoms with E-state index in [0.29, 0.717) is 5.41 Å². The maximum Gasteiger partial charge on any atom is 0.123 e. The van der Waals surface area contributed by atoms with Crippen LogP contribution in [-0.2, 0) is 6.42 Å². The van der Waals surface area contributed by atoms with Crippen LogP contribution in [0.1, 0.15) is 18.4 Å². The Morgan fingerprint density at radius 1 is 1.31 bits per heavy atom. The highest BCUT2D eigenvalue weighted by molar-refractivity contribution is 9.10. The molecule has 1 aliphatic carbocycles. The number of benzene rings is 1. The summed E-state index contributed by atoms with van der Waals surface area (Å²) in [6.07, 6.45) is 3.92. The zero-order chi connectivity index (χ0) is 8.89. The van der Waals surface area contributed by atoms with Crippen LogP contribution in [0.4, 0.5) is 0 Å². The van der Waals surface area contributed by atoms with Gasteiger partial charge in [-0.1, -0.05) is 22.0 Å². The standard InChI is InChI=1S/C11H11BrO/c12-9-2-1-8-6-11(3-4-11)7-13-10(8)5-9/h1-2,5H,3-4,6-7H2. The summed E-state index contributed by atoms with van der Waals surface area (Å²) >= 11 is 3.45. The molecule has 0 aromatic heterocycles. The first-order valence-electron chi connectivity index (χ1n) is 4.69. The molecule has 13 heavy (non-hydrogen) atoms. The van der Waals surface area contributed by atoms with Gasteiger partial charge in [0.2, 0.25) is 0 Å². The molecule has 1 fully saturated rings. The van der Waals surface area contributed by atoms with E-state index in [-0.39, 0.29) is 0 Å². The van der Waals surface area contributed by atoms with Gasteiger partial charge in [-0.05, 0) is 37.0 Å². The molecule has 0 N–H and O–H groups in total. The Bertz CT molecular complexity index is 355. The molecular weight excluding hydrogens is 228 g/mol. The van der Waals surface area contributed by atoms with Gasteiger partial charge in [0.25, 0.3) is 0 Å². The summed E-state index contributed by atoms with van der Waals surface area (Å²) < 4.78 is 6.86. The van der Waals surface area contributed by atoms with Crippen LogP contribution in [0.15, 0.2) is 22.7 Å². The first-order chi connectivity index (χ1) is 6.27. The summed E-state index contributed by atoms with van der Waals surface area (Å²) in [4.78, 5) is 0. The average Bonchev–Trinajstić information content (AvgIpc) is 2.87. The monoisotopic (exact) mass is 238 g/mol. The van der Waals surface area contributed by atoms with Crippen LogP contribution >= 0.6 is 15.9 Å². The van der Waals surface area contributed by atoms with Gasteiger partial charge in [-0.2, -0.15) is 0 Å². The molecule has 68 valence electrons. The molecule has 2 heteroatoms. The molecule has 0 atom stereocenters. The molecule has 1 aromatic carbocycles. The molecule has 0 amide bonds. The van der Waals surface area contributed by atoms with Crippen molar-refractivity contribution in [3.05, 3.63) is 28.2 Å². The predicted molar refractivity (Wildman–Crippen MR) is 55.0 cm³/mol. The number of halogens is 1. The third-order valence-electron chi connectivity index (χ3n) is 3.09. The van der Waals surface area contributed by atoms with E-state index >= 15 is 0 Å². The van der Waals surface area contributed by atoms with Gasteiger partial charge in [0.1, 0.15) is 5.75 Å². The Hall–Kier alpha value is -0.500. The van der Waals surface area contributed by atoms with Crippen molar-refractivity contribution in [2.24, 2.45) is 5.41 Å². The normalized spacial score (nSPS) is 22.2. The minimum absolute atomic E-state index is 0.529. The Morgan fingerprint density at radius 2 is 2.15 bits per heavy atom. The molecule has 3 rings (SSSR count). The maximum atomic E-state index is 5.75. The number of rotatable bonds is 0. The lowest BCUT2D eigenvalue weighted by Gasteiger charge is -2.24. The van der Waals surface area contributed by atoms with Crippen LogP contribution < -0.4 is 4.74 Å². The molecule has 1 heterocycles. The van der Waals surface area contributed by atoms with E-state index in [4.69, 9.17) is 4.74 Å². The van der Waals surface area contributed by atoms with Gasteiger partial charge < -0.3 is 4.74 Å². The Morgan fingerprint density at radius 3 is 2.92 bits per heavy atom. The molecule has 1 saturated carbocycles. The summed E-state index contributed by atoms with van der Waals surface area (Å²) in [5, 5.41) is 0. The van der Waals surface area contributed by atoms with Crippen LogP contribution in [0.25, 0.3) is 0 Å². The van der Waals surface area contributed by atoms with Gasteiger partial charge in [-0.15, -0.1) is 0 Å². The van der Waals surface area contributed by atoms with Crippen LogP contribution in [0, 0.1) is 5.41 Å². The molecule has 1 aromatic rings. The van der Waals surface area contributed by atoms with Gasteiger partial charge in [0.15, 0.2) is 0 Å². The van der Waals surface area contributed by atoms with Crippen molar-refractivity contribution in [2.45, 2.75) is 19.3 Å². The summed E-state index contributed by atoms with van der Waals surface area (Å²) in [6, 6.07) is 6.35. The molecular formula is C11H11BrO. The molecule has 0 unspecified atom stereocenters. The van der Waals surface area contributed by atoms with Gasteiger partial charge in [0.05, 0.1) is 6.61 Å². The van der Waals surface area contributed by atoms with Crippen molar-refractivity contribution in [3.8, 4) is 5.75 Å². The summed E-state index contributed by atoms with van der Waals surface area (Å²) in [6.45, 7) is 0.927. The molecule has 0 saturated heterocycles. The number of fused-ring (bicyclic) bond motifs is 1. The van der Waals surface area contributed by atoms with Gasteiger partial charge >= 0.3 is 0 Å². The van der Waals surface area contributed by atoms with Crippen molar-refractivity contribution in [1.29, 1.82) is 0 Å². The summed E-state index contributed by atoms with van der Waals surface area (Å²) in [5.74, 6) is 1.08. The molecule has 1 aliphatic heterocycles. The minimum Gasteiger partial charge on any atom is -0.493 e. The first-order valence-corrected chi connectivity index (χ1v) is 5.48. The smallest absolute Gasteiger partial charge is 0.123 e. The summed E-state index contributed by atoms with van der Waals surface area (Å²) in [5.41, 5.74) is 1.91.